The van der Waals surface area contributed by atoms with Gasteiger partial charge in [-0.05, 0) is 6.07 Å². The molecule has 1 aromatic carbocycles. The van der Waals surface area contributed by atoms with Gasteiger partial charge >= 0.3 is 0 Å². The molecule has 4 heteroatoms. The summed E-state index contributed by atoms with van der Waals surface area (Å²) >= 11 is 0. The van der Waals surface area contributed by atoms with Crippen LogP contribution in [0.4, 0.5) is 0 Å². The van der Waals surface area contributed by atoms with Gasteiger partial charge in [0, 0.05) is 37.6 Å². The molecule has 1 unspecified atom stereocenters. The van der Waals surface area contributed by atoms with Gasteiger partial charge in [-0.15, -0.1) is 0 Å². The van der Waals surface area contributed by atoms with Crippen LogP contribution in [0.3, 0.4) is 0 Å². The number of nitrogens with one attached hydrogen (secondary N) is 1. The Balaban J connectivity index is 2.06. The minimum atomic E-state index is -0.478. The molecule has 4 nitrogen and oxygen atoms in total. The van der Waals surface area contributed by atoms with Crippen LogP contribution in [-0.4, -0.2) is 31.5 Å². The van der Waals surface area contributed by atoms with E-state index in [2.05, 4.69) is 18.3 Å². The van der Waals surface area contributed by atoms with Gasteiger partial charge in [-0.2, -0.15) is 0 Å². The van der Waals surface area contributed by atoms with Crippen molar-refractivity contribution in [3.8, 4) is 0 Å². The first-order valence-corrected chi connectivity index (χ1v) is 6.63. The van der Waals surface area contributed by atoms with Crippen LogP contribution >= 0.6 is 0 Å². The third-order valence-corrected chi connectivity index (χ3v) is 3.14. The van der Waals surface area contributed by atoms with Gasteiger partial charge < -0.3 is 19.6 Å². The fourth-order valence-electron chi connectivity index (χ4n) is 2.24. The van der Waals surface area contributed by atoms with Gasteiger partial charge in [0.1, 0.15) is 11.3 Å². The van der Waals surface area contributed by atoms with E-state index >= 15 is 0 Å². The number of rotatable bonds is 7. The number of aliphatic hydroxyl groups excluding tert-OH is 1. The molecule has 1 atom stereocenters. The predicted molar refractivity (Wildman–Crippen MR) is 75.2 cm³/mol. The SMILES string of the molecule is CCc1oc2ccccc2c1CNCC(O)COC. The smallest absolute Gasteiger partial charge is 0.134 e. The number of hydrogen-bond donors (Lipinski definition) is 2. The molecule has 0 aliphatic carbocycles. The van der Waals surface area contributed by atoms with E-state index in [0.29, 0.717) is 19.7 Å². The molecule has 0 aliphatic heterocycles. The molecule has 0 bridgehead atoms. The van der Waals surface area contributed by atoms with E-state index in [1.54, 1.807) is 7.11 Å². The van der Waals surface area contributed by atoms with Crippen LogP contribution in [-0.2, 0) is 17.7 Å². The second-order valence-electron chi connectivity index (χ2n) is 4.59. The van der Waals surface area contributed by atoms with Gasteiger partial charge in [0.2, 0.25) is 0 Å². The van der Waals surface area contributed by atoms with E-state index in [1.807, 2.05) is 18.2 Å². The van der Waals surface area contributed by atoms with Crippen molar-refractivity contribution in [2.75, 3.05) is 20.3 Å². The summed E-state index contributed by atoms with van der Waals surface area (Å²) in [6, 6.07) is 8.05. The second-order valence-corrected chi connectivity index (χ2v) is 4.59. The van der Waals surface area contributed by atoms with Gasteiger partial charge in [0.05, 0.1) is 12.7 Å². The summed E-state index contributed by atoms with van der Waals surface area (Å²) in [5, 5.41) is 14.0. The first-order valence-electron chi connectivity index (χ1n) is 6.63. The standard InChI is InChI=1S/C15H21NO3/c1-3-14-13(9-16-8-11(17)10-18-2)12-6-4-5-7-15(12)19-14/h4-7,11,16-17H,3,8-10H2,1-2H3. The van der Waals surface area contributed by atoms with Crippen molar-refractivity contribution < 1.29 is 14.3 Å². The Kier molecular flexibility index (Phi) is 4.96. The van der Waals surface area contributed by atoms with Gasteiger partial charge in [0.25, 0.3) is 0 Å². The maximum Gasteiger partial charge on any atom is 0.134 e. The number of fused-ring (bicyclic) bond motifs is 1. The van der Waals surface area contributed by atoms with Crippen molar-refractivity contribution >= 4 is 11.0 Å². The Morgan fingerprint density at radius 1 is 1.37 bits per heavy atom. The van der Waals surface area contributed by atoms with Crippen molar-refractivity contribution in [2.24, 2.45) is 0 Å². The van der Waals surface area contributed by atoms with Crippen molar-refractivity contribution in [1.29, 1.82) is 0 Å². The molecule has 0 amide bonds. The molecule has 2 aromatic rings. The second kappa shape index (κ2) is 6.70. The molecule has 0 saturated carbocycles. The Morgan fingerprint density at radius 3 is 2.89 bits per heavy atom. The highest BCUT2D eigenvalue weighted by Gasteiger charge is 2.12. The number of methoxy groups -OCH3 is 1. The minimum Gasteiger partial charge on any atom is -0.461 e. The molecule has 19 heavy (non-hydrogen) atoms. The summed E-state index contributed by atoms with van der Waals surface area (Å²) in [7, 11) is 1.59. The zero-order chi connectivity index (χ0) is 13.7. The van der Waals surface area contributed by atoms with Gasteiger partial charge in [0.15, 0.2) is 0 Å². The molecular weight excluding hydrogens is 242 g/mol. The number of furan rings is 1. The molecule has 2 N–H and O–H groups in total. The summed E-state index contributed by atoms with van der Waals surface area (Å²) in [4.78, 5) is 0. The fraction of sp³-hybridized carbons (Fsp3) is 0.467. The number of aryl methyl sites for hydroxylation is 1. The van der Waals surface area contributed by atoms with Crippen molar-refractivity contribution in [3.05, 3.63) is 35.6 Å². The quantitative estimate of drug-likeness (QED) is 0.803. The van der Waals surface area contributed by atoms with E-state index < -0.39 is 6.10 Å². The molecule has 0 spiro atoms. The number of para-hydroxylation sites is 1. The Hall–Kier alpha value is -1.36. The van der Waals surface area contributed by atoms with Crippen LogP contribution in [0, 0.1) is 0 Å². The Morgan fingerprint density at radius 2 is 2.16 bits per heavy atom. The normalized spacial score (nSPS) is 13.0. The predicted octanol–water partition coefficient (Wildman–Crippen LogP) is 2.09. The van der Waals surface area contributed by atoms with Crippen molar-refractivity contribution in [3.63, 3.8) is 0 Å². The third-order valence-electron chi connectivity index (χ3n) is 3.14. The average molecular weight is 263 g/mol. The van der Waals surface area contributed by atoms with Crippen LogP contribution in [0.25, 0.3) is 11.0 Å². The maximum atomic E-state index is 9.61. The van der Waals surface area contributed by atoms with Crippen LogP contribution < -0.4 is 5.32 Å². The monoisotopic (exact) mass is 263 g/mol. The molecule has 1 heterocycles. The third kappa shape index (κ3) is 3.35. The average Bonchev–Trinajstić information content (AvgIpc) is 2.77. The molecule has 0 saturated heterocycles. The zero-order valence-corrected chi connectivity index (χ0v) is 11.5. The van der Waals surface area contributed by atoms with Crippen molar-refractivity contribution in [2.45, 2.75) is 26.0 Å². The van der Waals surface area contributed by atoms with Crippen LogP contribution in [0.15, 0.2) is 28.7 Å². The summed E-state index contributed by atoms with van der Waals surface area (Å²) in [6.45, 7) is 3.64. The summed E-state index contributed by atoms with van der Waals surface area (Å²) in [5.41, 5.74) is 2.11. The number of benzene rings is 1. The summed E-state index contributed by atoms with van der Waals surface area (Å²) < 4.78 is 10.7. The highest BCUT2D eigenvalue weighted by atomic mass is 16.5. The first kappa shape index (κ1) is 14.1. The molecular formula is C15H21NO3. The topological polar surface area (TPSA) is 54.6 Å². The molecule has 1 aromatic heterocycles. The van der Waals surface area contributed by atoms with E-state index in [0.717, 1.165) is 23.2 Å². The van der Waals surface area contributed by atoms with Crippen molar-refractivity contribution in [1.82, 2.24) is 5.32 Å². The number of hydrogen-bond acceptors (Lipinski definition) is 4. The van der Waals surface area contributed by atoms with Crippen LogP contribution in [0.2, 0.25) is 0 Å². The van der Waals surface area contributed by atoms with Gasteiger partial charge in [-0.3, -0.25) is 0 Å². The molecule has 0 radical (unpaired) electrons. The first-order chi connectivity index (χ1) is 9.26. The van der Waals surface area contributed by atoms with Crippen LogP contribution in [0.1, 0.15) is 18.2 Å². The number of ether oxygens (including phenoxy) is 1. The van der Waals surface area contributed by atoms with Crippen LogP contribution in [0.5, 0.6) is 0 Å². The highest BCUT2D eigenvalue weighted by molar-refractivity contribution is 5.82. The lowest BCUT2D eigenvalue weighted by Gasteiger charge is -2.10. The summed E-state index contributed by atoms with van der Waals surface area (Å²) in [5.74, 6) is 1.01. The molecule has 104 valence electrons. The lowest BCUT2D eigenvalue weighted by Crippen LogP contribution is -2.29. The number of aliphatic hydroxyl groups is 1. The zero-order valence-electron chi connectivity index (χ0n) is 11.5. The molecule has 0 aliphatic rings. The highest BCUT2D eigenvalue weighted by Crippen LogP contribution is 2.26. The Labute approximate surface area is 113 Å². The van der Waals surface area contributed by atoms with Gasteiger partial charge in [-0.1, -0.05) is 25.1 Å². The fourth-order valence-corrected chi connectivity index (χ4v) is 2.24. The van der Waals surface area contributed by atoms with E-state index in [-0.39, 0.29) is 0 Å². The lowest BCUT2D eigenvalue weighted by molar-refractivity contribution is 0.0644. The minimum absolute atomic E-state index is 0.347. The molecule has 2 rings (SSSR count). The van der Waals surface area contributed by atoms with E-state index in [9.17, 15) is 5.11 Å². The Bertz CT molecular complexity index is 521. The summed E-state index contributed by atoms with van der Waals surface area (Å²) in [6.07, 6.45) is 0.389. The lowest BCUT2D eigenvalue weighted by atomic mass is 10.1. The molecule has 0 fully saturated rings. The largest absolute Gasteiger partial charge is 0.461 e. The maximum absolute atomic E-state index is 9.61. The van der Waals surface area contributed by atoms with E-state index in [1.165, 1.54) is 5.56 Å². The van der Waals surface area contributed by atoms with Gasteiger partial charge in [-0.25, -0.2) is 0 Å². The van der Waals surface area contributed by atoms with E-state index in [4.69, 9.17) is 9.15 Å².